The molecule has 1 fully saturated rings. The quantitative estimate of drug-likeness (QED) is 0.638. The third-order valence-corrected chi connectivity index (χ3v) is 5.35. The van der Waals surface area contributed by atoms with E-state index in [0.29, 0.717) is 13.1 Å². The fourth-order valence-electron chi connectivity index (χ4n) is 3.55. The van der Waals surface area contributed by atoms with Crippen LogP contribution in [0.15, 0.2) is 84.9 Å². The van der Waals surface area contributed by atoms with E-state index in [1.54, 1.807) is 17.0 Å². The topological polar surface area (TPSA) is 58.6 Å². The second-order valence-electron chi connectivity index (χ2n) is 7.48. The van der Waals surface area contributed by atoms with Gasteiger partial charge in [0, 0.05) is 13.1 Å². The lowest BCUT2D eigenvalue weighted by Crippen LogP contribution is -2.57. The first-order valence-electron chi connectivity index (χ1n) is 10.2. The Bertz CT molecular complexity index is 997. The molecule has 2 amide bonds. The minimum atomic E-state index is -0.510. The summed E-state index contributed by atoms with van der Waals surface area (Å²) in [5, 5.41) is 3.12. The van der Waals surface area contributed by atoms with Gasteiger partial charge in [0.1, 0.15) is 0 Å². The van der Waals surface area contributed by atoms with Crippen LogP contribution in [0.25, 0.3) is 0 Å². The molecule has 1 aliphatic rings. The number of benzene rings is 3. The van der Waals surface area contributed by atoms with E-state index in [2.05, 4.69) is 5.32 Å². The number of hydrogen-bond donors (Lipinski definition) is 1. The standard InChI is InChI=1S/C25H23FN2O3/c26-21-13-7-8-14-22(21)31-17-23(29)28-15-20(16-28)25(30)27-24(18-9-3-1-4-10-18)19-11-5-2-6-12-19/h1-14,20,24H,15-17H2,(H,27,30). The SMILES string of the molecule is O=C(NC(c1ccccc1)c1ccccc1)C1CN(C(=O)COc2ccccc2F)C1. The van der Waals surface area contributed by atoms with Gasteiger partial charge in [-0.05, 0) is 23.3 Å². The predicted molar refractivity (Wildman–Crippen MR) is 115 cm³/mol. The average Bonchev–Trinajstić information content (AvgIpc) is 2.77. The summed E-state index contributed by atoms with van der Waals surface area (Å²) in [6.07, 6.45) is 0. The molecule has 5 nitrogen and oxygen atoms in total. The van der Waals surface area contributed by atoms with Crippen molar-refractivity contribution >= 4 is 11.8 Å². The molecule has 0 aromatic heterocycles. The lowest BCUT2D eigenvalue weighted by atomic mass is 9.95. The van der Waals surface area contributed by atoms with E-state index >= 15 is 0 Å². The molecular weight excluding hydrogens is 395 g/mol. The van der Waals surface area contributed by atoms with Gasteiger partial charge in [0.2, 0.25) is 5.91 Å². The summed E-state index contributed by atoms with van der Waals surface area (Å²) in [5.41, 5.74) is 1.99. The molecule has 1 aliphatic heterocycles. The van der Waals surface area contributed by atoms with E-state index in [9.17, 15) is 14.0 Å². The highest BCUT2D eigenvalue weighted by Crippen LogP contribution is 2.24. The van der Waals surface area contributed by atoms with Gasteiger partial charge in [0.05, 0.1) is 12.0 Å². The summed E-state index contributed by atoms with van der Waals surface area (Å²) in [5.74, 6) is -1.12. The van der Waals surface area contributed by atoms with Gasteiger partial charge in [0.15, 0.2) is 18.2 Å². The van der Waals surface area contributed by atoms with Crippen LogP contribution >= 0.6 is 0 Å². The molecule has 1 heterocycles. The van der Waals surface area contributed by atoms with E-state index in [4.69, 9.17) is 4.74 Å². The van der Waals surface area contributed by atoms with Crippen molar-refractivity contribution in [2.45, 2.75) is 6.04 Å². The second-order valence-corrected chi connectivity index (χ2v) is 7.48. The fourth-order valence-corrected chi connectivity index (χ4v) is 3.55. The van der Waals surface area contributed by atoms with E-state index in [1.165, 1.54) is 12.1 Å². The Labute approximate surface area is 180 Å². The first-order chi connectivity index (χ1) is 15.1. The Morgan fingerprint density at radius 3 is 2.03 bits per heavy atom. The Morgan fingerprint density at radius 2 is 1.45 bits per heavy atom. The van der Waals surface area contributed by atoms with E-state index in [-0.39, 0.29) is 36.1 Å². The lowest BCUT2D eigenvalue weighted by Gasteiger charge is -2.38. The zero-order chi connectivity index (χ0) is 21.6. The number of halogens is 1. The lowest BCUT2D eigenvalue weighted by molar-refractivity contribution is -0.144. The first-order valence-corrected chi connectivity index (χ1v) is 10.2. The number of ether oxygens (including phenoxy) is 1. The number of rotatable bonds is 7. The van der Waals surface area contributed by atoms with Crippen LogP contribution in [0.2, 0.25) is 0 Å². The highest BCUT2D eigenvalue weighted by Gasteiger charge is 2.36. The molecule has 3 aromatic carbocycles. The van der Waals surface area contributed by atoms with Crippen molar-refractivity contribution in [3.63, 3.8) is 0 Å². The number of nitrogens with one attached hydrogen (secondary N) is 1. The molecule has 0 aliphatic carbocycles. The van der Waals surface area contributed by atoms with Crippen molar-refractivity contribution in [2.24, 2.45) is 5.92 Å². The van der Waals surface area contributed by atoms with Gasteiger partial charge in [-0.1, -0.05) is 72.8 Å². The number of hydrogen-bond acceptors (Lipinski definition) is 3. The maximum atomic E-state index is 13.6. The molecule has 0 radical (unpaired) electrons. The van der Waals surface area contributed by atoms with E-state index in [1.807, 2.05) is 60.7 Å². The van der Waals surface area contributed by atoms with Crippen LogP contribution < -0.4 is 10.1 Å². The maximum absolute atomic E-state index is 13.6. The number of carbonyl (C=O) groups excluding carboxylic acids is 2. The maximum Gasteiger partial charge on any atom is 0.260 e. The molecule has 4 rings (SSSR count). The molecule has 0 unspecified atom stereocenters. The smallest absolute Gasteiger partial charge is 0.260 e. The van der Waals surface area contributed by atoms with Gasteiger partial charge in [-0.2, -0.15) is 0 Å². The molecule has 0 spiro atoms. The first kappa shape index (κ1) is 20.6. The minimum Gasteiger partial charge on any atom is -0.481 e. The van der Waals surface area contributed by atoms with Crippen LogP contribution in [0.1, 0.15) is 17.2 Å². The van der Waals surface area contributed by atoms with Crippen molar-refractivity contribution in [3.05, 3.63) is 102 Å². The summed E-state index contributed by atoms with van der Waals surface area (Å²) in [4.78, 5) is 26.7. The van der Waals surface area contributed by atoms with Crippen molar-refractivity contribution in [1.29, 1.82) is 0 Å². The molecule has 3 aromatic rings. The van der Waals surface area contributed by atoms with Gasteiger partial charge in [-0.3, -0.25) is 9.59 Å². The molecule has 0 bridgehead atoms. The van der Waals surface area contributed by atoms with Crippen molar-refractivity contribution in [3.8, 4) is 5.75 Å². The van der Waals surface area contributed by atoms with Gasteiger partial charge < -0.3 is 15.0 Å². The van der Waals surface area contributed by atoms with Gasteiger partial charge in [-0.25, -0.2) is 4.39 Å². The monoisotopic (exact) mass is 418 g/mol. The normalized spacial score (nSPS) is 13.5. The summed E-state index contributed by atoms with van der Waals surface area (Å²) < 4.78 is 18.9. The Hall–Kier alpha value is -3.67. The second kappa shape index (κ2) is 9.43. The van der Waals surface area contributed by atoms with E-state index < -0.39 is 5.82 Å². The zero-order valence-electron chi connectivity index (χ0n) is 16.9. The van der Waals surface area contributed by atoms with Crippen LogP contribution in [0.4, 0.5) is 4.39 Å². The van der Waals surface area contributed by atoms with Crippen LogP contribution in [-0.4, -0.2) is 36.4 Å². The van der Waals surface area contributed by atoms with Crippen LogP contribution in [0, 0.1) is 11.7 Å². The molecule has 0 atom stereocenters. The van der Waals surface area contributed by atoms with Crippen molar-refractivity contribution in [1.82, 2.24) is 10.2 Å². The Kier molecular flexibility index (Phi) is 6.26. The van der Waals surface area contributed by atoms with E-state index in [0.717, 1.165) is 11.1 Å². The highest BCUT2D eigenvalue weighted by atomic mass is 19.1. The number of amides is 2. The largest absolute Gasteiger partial charge is 0.481 e. The van der Waals surface area contributed by atoms with Crippen LogP contribution in [0.5, 0.6) is 5.75 Å². The molecule has 6 heteroatoms. The molecule has 1 saturated heterocycles. The van der Waals surface area contributed by atoms with Gasteiger partial charge in [-0.15, -0.1) is 0 Å². The summed E-state index contributed by atoms with van der Waals surface area (Å²) in [6.45, 7) is 0.384. The number of para-hydroxylation sites is 1. The van der Waals surface area contributed by atoms with Gasteiger partial charge >= 0.3 is 0 Å². The summed E-state index contributed by atoms with van der Waals surface area (Å²) in [7, 11) is 0. The number of carbonyl (C=O) groups is 2. The number of likely N-dealkylation sites (tertiary alicyclic amines) is 1. The predicted octanol–water partition coefficient (Wildman–Crippen LogP) is 3.57. The van der Waals surface area contributed by atoms with Crippen molar-refractivity contribution in [2.75, 3.05) is 19.7 Å². The third kappa shape index (κ3) is 4.91. The summed E-state index contributed by atoms with van der Waals surface area (Å²) >= 11 is 0. The zero-order valence-corrected chi connectivity index (χ0v) is 16.9. The highest BCUT2D eigenvalue weighted by molar-refractivity contribution is 5.85. The summed E-state index contributed by atoms with van der Waals surface area (Å²) in [6, 6.07) is 25.3. The molecule has 1 N–H and O–H groups in total. The molecular formula is C25H23FN2O3. The average molecular weight is 418 g/mol. The molecule has 158 valence electrons. The molecule has 0 saturated carbocycles. The fraction of sp³-hybridized carbons (Fsp3) is 0.200. The Balaban J connectivity index is 1.33. The molecule has 31 heavy (non-hydrogen) atoms. The van der Waals surface area contributed by atoms with Crippen LogP contribution in [-0.2, 0) is 9.59 Å². The Morgan fingerprint density at radius 1 is 0.903 bits per heavy atom. The number of nitrogens with zero attached hydrogens (tertiary/aromatic N) is 1. The van der Waals surface area contributed by atoms with Gasteiger partial charge in [0.25, 0.3) is 5.91 Å². The minimum absolute atomic E-state index is 0.0410. The van der Waals surface area contributed by atoms with Crippen molar-refractivity contribution < 1.29 is 18.7 Å². The van der Waals surface area contributed by atoms with Crippen LogP contribution in [0.3, 0.4) is 0 Å². The third-order valence-electron chi connectivity index (χ3n) is 5.35.